The highest BCUT2D eigenvalue weighted by atomic mass is 35.5. The first kappa shape index (κ1) is 32.8. The molecule has 0 fully saturated rings. The molecule has 1 atom stereocenters. The van der Waals surface area contributed by atoms with Crippen LogP contribution in [-0.4, -0.2) is 57.6 Å². The predicted octanol–water partition coefficient (Wildman–Crippen LogP) is 6.95. The van der Waals surface area contributed by atoms with E-state index in [0.717, 1.165) is 12.8 Å². The maximum Gasteiger partial charge on any atom is 0.407 e. The first-order chi connectivity index (χ1) is 16.6. The van der Waals surface area contributed by atoms with Crippen molar-refractivity contribution in [3.8, 4) is 0 Å². The number of unbranched alkanes of at least 4 members (excludes halogenated alkanes) is 15. The Bertz CT molecular complexity index is 468. The summed E-state index contributed by atoms with van der Waals surface area (Å²) in [6.07, 6.45) is 19.4. The number of hydrogen-bond donors (Lipinski definition) is 2. The molecule has 202 valence electrons. The van der Waals surface area contributed by atoms with Crippen molar-refractivity contribution in [3.63, 3.8) is 0 Å². The van der Waals surface area contributed by atoms with Crippen molar-refractivity contribution in [2.75, 3.05) is 39.3 Å². The lowest BCUT2D eigenvalue weighted by atomic mass is 10.0. The van der Waals surface area contributed by atoms with Crippen LogP contribution in [0.25, 0.3) is 0 Å². The Morgan fingerprint density at radius 1 is 0.735 bits per heavy atom. The fourth-order valence-corrected chi connectivity index (χ4v) is 3.76. The van der Waals surface area contributed by atoms with Gasteiger partial charge in [-0.3, -0.25) is 0 Å². The van der Waals surface area contributed by atoms with Crippen LogP contribution in [0.5, 0.6) is 0 Å². The van der Waals surface area contributed by atoms with Crippen LogP contribution >= 0.6 is 11.6 Å². The Kier molecular flexibility index (Phi) is 25.5. The summed E-state index contributed by atoms with van der Waals surface area (Å²) in [5.41, 5.74) is 0. The van der Waals surface area contributed by atoms with E-state index < -0.39 is 18.3 Å². The molecule has 0 aliphatic carbocycles. The van der Waals surface area contributed by atoms with E-state index in [4.69, 9.17) is 25.8 Å². The number of nitrogens with one attached hydrogen (secondary N) is 2. The van der Waals surface area contributed by atoms with E-state index >= 15 is 0 Å². The molecule has 0 saturated heterocycles. The zero-order valence-corrected chi connectivity index (χ0v) is 22.6. The van der Waals surface area contributed by atoms with Gasteiger partial charge in [0.25, 0.3) is 0 Å². The molecule has 0 aliphatic rings. The highest BCUT2D eigenvalue weighted by molar-refractivity contribution is 6.18. The number of hydrogen-bond acceptors (Lipinski definition) is 5. The Hall–Kier alpha value is -1.21. The second kappa shape index (κ2) is 26.4. The summed E-state index contributed by atoms with van der Waals surface area (Å²) in [5.74, 6) is 0.301. The van der Waals surface area contributed by atoms with Crippen molar-refractivity contribution in [3.05, 3.63) is 0 Å². The van der Waals surface area contributed by atoms with E-state index in [9.17, 15) is 9.59 Å². The summed E-state index contributed by atoms with van der Waals surface area (Å²) < 4.78 is 15.9. The predicted molar refractivity (Wildman–Crippen MR) is 140 cm³/mol. The number of carbonyl (C=O) groups excluding carboxylic acids is 2. The Balaban J connectivity index is 3.55. The van der Waals surface area contributed by atoms with Gasteiger partial charge in [-0.15, -0.1) is 11.6 Å². The average molecular weight is 507 g/mol. The molecule has 0 rings (SSSR count). The average Bonchev–Trinajstić information content (AvgIpc) is 2.84. The number of ether oxygens (including phenoxy) is 3. The van der Waals surface area contributed by atoms with Gasteiger partial charge in [0.2, 0.25) is 0 Å². The minimum absolute atomic E-state index is 0.0690. The molecule has 8 heteroatoms. The van der Waals surface area contributed by atoms with Gasteiger partial charge in [-0.1, -0.05) is 103 Å². The highest BCUT2D eigenvalue weighted by Crippen LogP contribution is 2.13. The molecule has 0 unspecified atom stereocenters. The SMILES string of the molecule is CCCCCCCCCCCCCCCCCCOC[C@H](COC(=O)NCCCl)OC(=O)NC. The van der Waals surface area contributed by atoms with Crippen molar-refractivity contribution >= 4 is 23.8 Å². The third kappa shape index (κ3) is 23.9. The van der Waals surface area contributed by atoms with Crippen LogP contribution in [0.15, 0.2) is 0 Å². The monoisotopic (exact) mass is 506 g/mol. The molecule has 0 heterocycles. The van der Waals surface area contributed by atoms with Crippen LogP contribution in [0.2, 0.25) is 0 Å². The van der Waals surface area contributed by atoms with E-state index in [-0.39, 0.29) is 13.2 Å². The molecule has 0 bridgehead atoms. The van der Waals surface area contributed by atoms with Crippen molar-refractivity contribution in [2.24, 2.45) is 0 Å². The van der Waals surface area contributed by atoms with E-state index in [0.29, 0.717) is 19.0 Å². The number of rotatable bonds is 24. The summed E-state index contributed by atoms with van der Waals surface area (Å²) in [7, 11) is 1.48. The van der Waals surface area contributed by atoms with Gasteiger partial charge in [0.05, 0.1) is 6.61 Å². The van der Waals surface area contributed by atoms with Gasteiger partial charge in [0, 0.05) is 26.1 Å². The number of amides is 2. The molecule has 0 saturated carbocycles. The maximum atomic E-state index is 11.5. The van der Waals surface area contributed by atoms with Crippen molar-refractivity contribution in [2.45, 2.75) is 116 Å². The Morgan fingerprint density at radius 3 is 1.71 bits per heavy atom. The number of alkyl halides is 1. The van der Waals surface area contributed by atoms with Crippen LogP contribution < -0.4 is 10.6 Å². The summed E-state index contributed by atoms with van der Waals surface area (Å²) in [6, 6.07) is 0. The molecular weight excluding hydrogens is 456 g/mol. The van der Waals surface area contributed by atoms with Gasteiger partial charge in [0.15, 0.2) is 6.10 Å². The van der Waals surface area contributed by atoms with Crippen LogP contribution in [0.1, 0.15) is 110 Å². The largest absolute Gasteiger partial charge is 0.446 e. The van der Waals surface area contributed by atoms with Crippen molar-refractivity contribution in [1.29, 1.82) is 0 Å². The lowest BCUT2D eigenvalue weighted by Gasteiger charge is -2.18. The molecule has 0 aliphatic heterocycles. The van der Waals surface area contributed by atoms with E-state index in [1.54, 1.807) is 0 Å². The van der Waals surface area contributed by atoms with E-state index in [2.05, 4.69) is 17.6 Å². The summed E-state index contributed by atoms with van der Waals surface area (Å²) >= 11 is 5.52. The second-order valence-electron chi connectivity index (χ2n) is 8.87. The molecule has 0 radical (unpaired) electrons. The van der Waals surface area contributed by atoms with Crippen LogP contribution in [0.4, 0.5) is 9.59 Å². The molecule has 0 aromatic heterocycles. The zero-order valence-electron chi connectivity index (χ0n) is 21.8. The molecule has 2 amide bonds. The lowest BCUT2D eigenvalue weighted by Crippen LogP contribution is -2.35. The van der Waals surface area contributed by atoms with Gasteiger partial charge in [-0.05, 0) is 6.42 Å². The molecule has 0 spiro atoms. The molecule has 0 aromatic rings. The minimum Gasteiger partial charge on any atom is -0.446 e. The Morgan fingerprint density at radius 2 is 1.24 bits per heavy atom. The standard InChI is InChI=1S/C26H51ClN2O5/c1-3-4-5-6-7-8-9-10-11-12-13-14-15-16-17-18-21-32-22-24(34-25(30)28-2)23-33-26(31)29-20-19-27/h24H,3-23H2,1-2H3,(H,28,30)(H,29,31)/t24-/m1/s1. The topological polar surface area (TPSA) is 85.9 Å². The van der Waals surface area contributed by atoms with E-state index in [1.807, 2.05) is 0 Å². The fraction of sp³-hybridized carbons (Fsp3) is 0.923. The summed E-state index contributed by atoms with van der Waals surface area (Å²) in [5, 5.41) is 4.88. The fourth-order valence-electron chi connectivity index (χ4n) is 3.66. The third-order valence-electron chi connectivity index (χ3n) is 5.69. The molecular formula is C26H51ClN2O5. The Labute approximate surface area is 213 Å². The van der Waals surface area contributed by atoms with Gasteiger partial charge < -0.3 is 24.8 Å². The number of carbonyl (C=O) groups is 2. The third-order valence-corrected chi connectivity index (χ3v) is 5.88. The quantitative estimate of drug-likeness (QED) is 0.109. The summed E-state index contributed by atoms with van der Waals surface area (Å²) in [4.78, 5) is 23.0. The van der Waals surface area contributed by atoms with Crippen LogP contribution in [0.3, 0.4) is 0 Å². The minimum atomic E-state index is -0.650. The van der Waals surface area contributed by atoms with Crippen molar-refractivity contribution < 1.29 is 23.8 Å². The summed E-state index contributed by atoms with van der Waals surface area (Å²) in [6.45, 7) is 3.31. The van der Waals surface area contributed by atoms with Crippen molar-refractivity contribution in [1.82, 2.24) is 10.6 Å². The molecule has 2 N–H and O–H groups in total. The van der Waals surface area contributed by atoms with Crippen LogP contribution in [0, 0.1) is 0 Å². The van der Waals surface area contributed by atoms with Gasteiger partial charge in [-0.25, -0.2) is 9.59 Å². The second-order valence-corrected chi connectivity index (χ2v) is 9.25. The smallest absolute Gasteiger partial charge is 0.407 e. The number of alkyl carbamates (subject to hydrolysis) is 2. The van der Waals surface area contributed by atoms with Gasteiger partial charge >= 0.3 is 12.2 Å². The first-order valence-electron chi connectivity index (χ1n) is 13.6. The van der Waals surface area contributed by atoms with E-state index in [1.165, 1.54) is 96.9 Å². The first-order valence-corrected chi connectivity index (χ1v) is 14.1. The lowest BCUT2D eigenvalue weighted by molar-refractivity contribution is -0.0118. The zero-order chi connectivity index (χ0) is 25.1. The van der Waals surface area contributed by atoms with Gasteiger partial charge in [0.1, 0.15) is 6.61 Å². The number of halogens is 1. The highest BCUT2D eigenvalue weighted by Gasteiger charge is 2.16. The van der Waals surface area contributed by atoms with Crippen LogP contribution in [-0.2, 0) is 14.2 Å². The van der Waals surface area contributed by atoms with Gasteiger partial charge in [-0.2, -0.15) is 0 Å². The molecule has 0 aromatic carbocycles. The maximum absolute atomic E-state index is 11.5. The molecule has 34 heavy (non-hydrogen) atoms. The normalized spacial score (nSPS) is 11.7. The molecule has 7 nitrogen and oxygen atoms in total.